The molecule has 0 unspecified atom stereocenters. The van der Waals surface area contributed by atoms with E-state index in [1.54, 1.807) is 27.8 Å². The molecule has 12 heteroatoms. The summed E-state index contributed by atoms with van der Waals surface area (Å²) in [5.41, 5.74) is -0.167. The third-order valence-electron chi connectivity index (χ3n) is 4.05. The molecule has 0 spiro atoms. The smallest absolute Gasteiger partial charge is 0.364 e. The molecule has 1 amide bonds. The standard InChI is InChI=1S/C17H16ClN5O5S/c18-14-7-6-12(10-20-14)11-22-9-8-19-16(22)15(23(25)26)17(24)21-29(27,28)13-4-2-1-3-5-13/h1-7,10,19H,8-9,11H2,(H,21,24)/b16-15+. The van der Waals surface area contributed by atoms with Crippen LogP contribution in [0, 0.1) is 10.1 Å². The van der Waals surface area contributed by atoms with E-state index in [9.17, 15) is 23.3 Å². The topological polar surface area (TPSA) is 135 Å². The quantitative estimate of drug-likeness (QED) is 0.297. The number of nitro groups is 1. The van der Waals surface area contributed by atoms with Crippen LogP contribution in [0.2, 0.25) is 5.15 Å². The van der Waals surface area contributed by atoms with Crippen LogP contribution in [0.4, 0.5) is 0 Å². The number of hydrogen-bond donors (Lipinski definition) is 2. The van der Waals surface area contributed by atoms with Crippen molar-refractivity contribution >= 4 is 27.5 Å². The van der Waals surface area contributed by atoms with Gasteiger partial charge in [0.1, 0.15) is 5.15 Å². The largest absolute Gasteiger partial charge is 0.374 e. The molecule has 1 aromatic heterocycles. The first-order valence-corrected chi connectivity index (χ1v) is 10.2. The van der Waals surface area contributed by atoms with E-state index in [1.807, 2.05) is 0 Å². The summed E-state index contributed by atoms with van der Waals surface area (Å²) in [5.74, 6) is -1.40. The van der Waals surface area contributed by atoms with Gasteiger partial charge in [-0.1, -0.05) is 35.9 Å². The van der Waals surface area contributed by atoms with Gasteiger partial charge in [0.25, 0.3) is 10.0 Å². The minimum Gasteiger partial charge on any atom is -0.364 e. The van der Waals surface area contributed by atoms with Crippen molar-refractivity contribution in [3.05, 3.63) is 81.0 Å². The Morgan fingerprint density at radius 1 is 1.28 bits per heavy atom. The van der Waals surface area contributed by atoms with E-state index < -0.39 is 26.6 Å². The first-order chi connectivity index (χ1) is 13.8. The number of benzene rings is 1. The summed E-state index contributed by atoms with van der Waals surface area (Å²) >= 11 is 5.76. The maximum absolute atomic E-state index is 12.5. The van der Waals surface area contributed by atoms with Crippen molar-refractivity contribution in [2.24, 2.45) is 0 Å². The van der Waals surface area contributed by atoms with Crippen LogP contribution in [-0.2, 0) is 21.4 Å². The number of rotatable bonds is 6. The van der Waals surface area contributed by atoms with Crippen molar-refractivity contribution in [2.75, 3.05) is 13.1 Å². The number of hydrogen-bond acceptors (Lipinski definition) is 8. The molecule has 2 aromatic rings. The minimum atomic E-state index is -4.26. The fraction of sp³-hybridized carbons (Fsp3) is 0.176. The predicted molar refractivity (Wildman–Crippen MR) is 103 cm³/mol. The molecule has 1 aromatic carbocycles. The molecule has 10 nitrogen and oxygen atoms in total. The van der Waals surface area contributed by atoms with Gasteiger partial charge in [-0.25, -0.2) is 18.1 Å². The van der Waals surface area contributed by atoms with Crippen molar-refractivity contribution in [3.63, 3.8) is 0 Å². The maximum atomic E-state index is 12.5. The van der Waals surface area contributed by atoms with Gasteiger partial charge in [-0.3, -0.25) is 14.9 Å². The molecule has 2 N–H and O–H groups in total. The van der Waals surface area contributed by atoms with Crippen molar-refractivity contribution in [1.82, 2.24) is 19.9 Å². The second-order valence-electron chi connectivity index (χ2n) is 6.04. The Morgan fingerprint density at radius 3 is 2.62 bits per heavy atom. The van der Waals surface area contributed by atoms with Crippen LogP contribution >= 0.6 is 11.6 Å². The van der Waals surface area contributed by atoms with Crippen LogP contribution in [0.25, 0.3) is 0 Å². The Morgan fingerprint density at radius 2 is 2.00 bits per heavy atom. The molecule has 29 heavy (non-hydrogen) atoms. The van der Waals surface area contributed by atoms with Crippen LogP contribution in [0.3, 0.4) is 0 Å². The second-order valence-corrected chi connectivity index (χ2v) is 8.11. The van der Waals surface area contributed by atoms with E-state index in [2.05, 4.69) is 10.3 Å². The van der Waals surface area contributed by atoms with Gasteiger partial charge in [-0.15, -0.1) is 0 Å². The maximum Gasteiger partial charge on any atom is 0.374 e. The zero-order valence-corrected chi connectivity index (χ0v) is 16.5. The van der Waals surface area contributed by atoms with Crippen LogP contribution in [0.5, 0.6) is 0 Å². The Balaban J connectivity index is 1.88. The molecule has 0 radical (unpaired) electrons. The van der Waals surface area contributed by atoms with E-state index in [0.29, 0.717) is 18.2 Å². The Bertz CT molecular complexity index is 1060. The summed E-state index contributed by atoms with van der Waals surface area (Å²) in [6.07, 6.45) is 1.52. The highest BCUT2D eigenvalue weighted by Crippen LogP contribution is 2.18. The fourth-order valence-corrected chi connectivity index (χ4v) is 3.84. The van der Waals surface area contributed by atoms with Gasteiger partial charge >= 0.3 is 11.6 Å². The zero-order valence-electron chi connectivity index (χ0n) is 14.9. The van der Waals surface area contributed by atoms with E-state index in [4.69, 9.17) is 11.6 Å². The molecule has 1 fully saturated rings. The van der Waals surface area contributed by atoms with Crippen LogP contribution < -0.4 is 10.0 Å². The molecule has 0 bridgehead atoms. The third-order valence-corrected chi connectivity index (χ3v) is 5.63. The van der Waals surface area contributed by atoms with Gasteiger partial charge in [0.05, 0.1) is 9.82 Å². The lowest BCUT2D eigenvalue weighted by Gasteiger charge is -2.18. The van der Waals surface area contributed by atoms with Crippen molar-refractivity contribution in [3.8, 4) is 0 Å². The summed E-state index contributed by atoms with van der Waals surface area (Å²) in [7, 11) is -4.26. The molecule has 0 aliphatic carbocycles. The summed E-state index contributed by atoms with van der Waals surface area (Å²) in [6, 6.07) is 10.4. The van der Waals surface area contributed by atoms with Gasteiger partial charge < -0.3 is 10.2 Å². The average molecular weight is 438 g/mol. The van der Waals surface area contributed by atoms with Crippen LogP contribution in [0.15, 0.2) is 65.1 Å². The van der Waals surface area contributed by atoms with Gasteiger partial charge in [-0.2, -0.15) is 0 Å². The molecule has 152 valence electrons. The molecular formula is C17H16ClN5O5S. The van der Waals surface area contributed by atoms with E-state index in [-0.39, 0.29) is 17.3 Å². The minimum absolute atomic E-state index is 0.0642. The van der Waals surface area contributed by atoms with Crippen molar-refractivity contribution in [2.45, 2.75) is 11.4 Å². The molecule has 1 saturated heterocycles. The van der Waals surface area contributed by atoms with Gasteiger partial charge in [0.15, 0.2) is 5.82 Å². The van der Waals surface area contributed by atoms with E-state index in [0.717, 1.165) is 5.56 Å². The molecule has 3 rings (SSSR count). The number of carbonyl (C=O) groups is 1. The lowest BCUT2D eigenvalue weighted by atomic mass is 10.2. The van der Waals surface area contributed by atoms with Crippen LogP contribution in [-0.4, -0.2) is 42.2 Å². The van der Waals surface area contributed by atoms with Crippen LogP contribution in [0.1, 0.15) is 5.56 Å². The molecule has 0 atom stereocenters. The number of carbonyl (C=O) groups excluding carboxylic acids is 1. The van der Waals surface area contributed by atoms with Gasteiger partial charge in [0, 0.05) is 25.8 Å². The number of nitrogens with zero attached hydrogens (tertiary/aromatic N) is 3. The third kappa shape index (κ3) is 4.81. The number of halogens is 1. The summed E-state index contributed by atoms with van der Waals surface area (Å²) in [4.78, 5) is 28.5. The number of amides is 1. The van der Waals surface area contributed by atoms with Gasteiger partial charge in [0.2, 0.25) is 0 Å². The number of aromatic nitrogens is 1. The first kappa shape index (κ1) is 20.6. The van der Waals surface area contributed by atoms with Crippen molar-refractivity contribution in [1.29, 1.82) is 0 Å². The normalized spacial score (nSPS) is 15.6. The van der Waals surface area contributed by atoms with E-state index in [1.165, 1.54) is 30.5 Å². The fourth-order valence-electron chi connectivity index (χ4n) is 2.75. The number of pyridine rings is 1. The highest BCUT2D eigenvalue weighted by Gasteiger charge is 2.36. The highest BCUT2D eigenvalue weighted by atomic mass is 35.5. The Kier molecular flexibility index (Phi) is 5.99. The molecule has 1 aliphatic heterocycles. The lowest BCUT2D eigenvalue weighted by Crippen LogP contribution is -2.37. The SMILES string of the molecule is O=C(NS(=O)(=O)c1ccccc1)/C(=C1/NCCN1Cc1ccc(Cl)nc1)[N+](=O)[O-]. The molecule has 0 saturated carbocycles. The first-order valence-electron chi connectivity index (χ1n) is 8.38. The Labute approximate surface area is 171 Å². The number of nitrogens with one attached hydrogen (secondary N) is 2. The molecule has 2 heterocycles. The van der Waals surface area contributed by atoms with Gasteiger partial charge in [-0.05, 0) is 23.8 Å². The monoisotopic (exact) mass is 437 g/mol. The second kappa shape index (κ2) is 8.45. The highest BCUT2D eigenvalue weighted by molar-refractivity contribution is 7.90. The van der Waals surface area contributed by atoms with Crippen molar-refractivity contribution < 1.29 is 18.1 Å². The lowest BCUT2D eigenvalue weighted by molar-refractivity contribution is -0.421. The summed E-state index contributed by atoms with van der Waals surface area (Å²) < 4.78 is 26.5. The summed E-state index contributed by atoms with van der Waals surface area (Å²) in [6.45, 7) is 0.961. The summed E-state index contributed by atoms with van der Waals surface area (Å²) in [5, 5.41) is 14.7. The Hall–Kier alpha value is -3.18. The predicted octanol–water partition coefficient (Wildman–Crippen LogP) is 1.09. The average Bonchev–Trinajstić information content (AvgIpc) is 3.11. The molecular weight excluding hydrogens is 422 g/mol. The zero-order chi connectivity index (χ0) is 21.0. The van der Waals surface area contributed by atoms with E-state index >= 15 is 0 Å². The number of sulfonamides is 1. The molecule has 1 aliphatic rings.